The van der Waals surface area contributed by atoms with Gasteiger partial charge in [-0.2, -0.15) is 0 Å². The summed E-state index contributed by atoms with van der Waals surface area (Å²) < 4.78 is 0. The third-order valence-electron chi connectivity index (χ3n) is 4.21. The molecular weight excluding hydrogens is 198 g/mol. The van der Waals surface area contributed by atoms with Crippen LogP contribution in [0.1, 0.15) is 39.0 Å². The molecule has 0 aromatic heterocycles. The maximum atomic E-state index is 9.56. The Morgan fingerprint density at radius 1 is 1.25 bits per heavy atom. The number of aliphatic hydroxyl groups is 1. The van der Waals surface area contributed by atoms with Crippen LogP contribution in [0.3, 0.4) is 0 Å². The average Bonchev–Trinajstić information content (AvgIpc) is 2.31. The molecule has 1 aliphatic carbocycles. The highest BCUT2D eigenvalue weighted by atomic mass is 16.3. The Balaban J connectivity index is 1.70. The zero-order valence-electron chi connectivity index (χ0n) is 10.4. The van der Waals surface area contributed by atoms with Gasteiger partial charge >= 0.3 is 0 Å². The number of nitrogens with zero attached hydrogens (tertiary/aromatic N) is 1. The number of piperidine rings is 1. The van der Waals surface area contributed by atoms with Crippen molar-refractivity contribution in [3.63, 3.8) is 0 Å². The topological polar surface area (TPSA) is 23.5 Å². The second-order valence-corrected chi connectivity index (χ2v) is 5.53. The minimum Gasteiger partial charge on any atom is -0.393 e. The molecule has 0 spiro atoms. The Kier molecular flexibility index (Phi) is 4.42. The van der Waals surface area contributed by atoms with E-state index in [0.29, 0.717) is 5.92 Å². The highest BCUT2D eigenvalue weighted by molar-refractivity contribution is 4.91. The van der Waals surface area contributed by atoms with Crippen molar-refractivity contribution >= 4 is 0 Å². The van der Waals surface area contributed by atoms with Crippen LogP contribution in [-0.2, 0) is 0 Å². The number of likely N-dealkylation sites (tertiary alicyclic amines) is 1. The molecule has 0 saturated carbocycles. The highest BCUT2D eigenvalue weighted by Gasteiger charge is 2.24. The summed E-state index contributed by atoms with van der Waals surface area (Å²) >= 11 is 0. The molecule has 2 unspecified atom stereocenters. The zero-order valence-corrected chi connectivity index (χ0v) is 10.4. The second-order valence-electron chi connectivity index (χ2n) is 5.53. The van der Waals surface area contributed by atoms with Crippen molar-refractivity contribution < 1.29 is 5.11 Å². The molecule has 0 aromatic rings. The highest BCUT2D eigenvalue weighted by Crippen LogP contribution is 2.24. The van der Waals surface area contributed by atoms with Crippen LogP contribution in [0.15, 0.2) is 12.2 Å². The first-order valence-electron chi connectivity index (χ1n) is 6.81. The number of aliphatic hydroxyl groups excluding tert-OH is 1. The van der Waals surface area contributed by atoms with Crippen LogP contribution in [0, 0.1) is 11.8 Å². The predicted molar refractivity (Wildman–Crippen MR) is 67.3 cm³/mol. The Bertz CT molecular complexity index is 229. The van der Waals surface area contributed by atoms with Crippen molar-refractivity contribution in [1.29, 1.82) is 0 Å². The molecule has 0 amide bonds. The Morgan fingerprint density at radius 3 is 2.56 bits per heavy atom. The quantitative estimate of drug-likeness (QED) is 0.743. The van der Waals surface area contributed by atoms with Gasteiger partial charge in [0.05, 0.1) is 6.10 Å². The van der Waals surface area contributed by atoms with E-state index < -0.39 is 0 Å². The van der Waals surface area contributed by atoms with Gasteiger partial charge in [0.2, 0.25) is 0 Å². The van der Waals surface area contributed by atoms with Gasteiger partial charge in [-0.1, -0.05) is 12.2 Å². The van der Waals surface area contributed by atoms with Gasteiger partial charge in [-0.15, -0.1) is 0 Å². The lowest BCUT2D eigenvalue weighted by molar-refractivity contribution is 0.0658. The van der Waals surface area contributed by atoms with Gasteiger partial charge in [-0.05, 0) is 64.0 Å². The van der Waals surface area contributed by atoms with Crippen LogP contribution in [0.2, 0.25) is 0 Å². The maximum Gasteiger partial charge on any atom is 0.0541 e. The molecule has 1 saturated heterocycles. The fourth-order valence-electron chi connectivity index (χ4n) is 3.01. The molecule has 2 aliphatic rings. The van der Waals surface area contributed by atoms with Crippen molar-refractivity contribution in [2.75, 3.05) is 19.6 Å². The largest absolute Gasteiger partial charge is 0.393 e. The summed E-state index contributed by atoms with van der Waals surface area (Å²) in [5.41, 5.74) is 0. The van der Waals surface area contributed by atoms with Crippen LogP contribution >= 0.6 is 0 Å². The summed E-state index contributed by atoms with van der Waals surface area (Å²) in [6, 6.07) is 0. The monoisotopic (exact) mass is 223 g/mol. The molecule has 1 heterocycles. The van der Waals surface area contributed by atoms with E-state index in [1.54, 1.807) is 0 Å². The van der Waals surface area contributed by atoms with E-state index in [1.807, 2.05) is 6.92 Å². The van der Waals surface area contributed by atoms with E-state index in [-0.39, 0.29) is 6.10 Å². The lowest BCUT2D eigenvalue weighted by Crippen LogP contribution is -2.39. The van der Waals surface area contributed by atoms with E-state index in [4.69, 9.17) is 0 Å². The van der Waals surface area contributed by atoms with Crippen molar-refractivity contribution in [2.24, 2.45) is 11.8 Å². The molecule has 2 heteroatoms. The van der Waals surface area contributed by atoms with Gasteiger partial charge in [-0.25, -0.2) is 0 Å². The van der Waals surface area contributed by atoms with Crippen molar-refractivity contribution in [3.8, 4) is 0 Å². The second kappa shape index (κ2) is 5.83. The van der Waals surface area contributed by atoms with Gasteiger partial charge in [0.25, 0.3) is 0 Å². The Labute approximate surface area is 99.3 Å². The van der Waals surface area contributed by atoms with E-state index in [1.165, 1.54) is 51.7 Å². The minimum absolute atomic E-state index is 0.111. The van der Waals surface area contributed by atoms with Gasteiger partial charge in [0.15, 0.2) is 0 Å². The van der Waals surface area contributed by atoms with Gasteiger partial charge in [0, 0.05) is 6.54 Å². The first-order valence-corrected chi connectivity index (χ1v) is 6.81. The summed E-state index contributed by atoms with van der Waals surface area (Å²) in [5, 5.41) is 9.56. The predicted octanol–water partition coefficient (Wildman–Crippen LogP) is 2.44. The van der Waals surface area contributed by atoms with Crippen LogP contribution < -0.4 is 0 Å². The molecule has 0 aromatic carbocycles. The first kappa shape index (κ1) is 12.1. The molecular formula is C14H25NO. The van der Waals surface area contributed by atoms with Crippen molar-refractivity contribution in [2.45, 2.75) is 45.1 Å². The molecule has 1 aliphatic heterocycles. The lowest BCUT2D eigenvalue weighted by atomic mass is 9.89. The molecule has 2 rings (SSSR count). The van der Waals surface area contributed by atoms with Crippen LogP contribution in [0.25, 0.3) is 0 Å². The third kappa shape index (κ3) is 3.33. The van der Waals surface area contributed by atoms with Gasteiger partial charge in [0.1, 0.15) is 0 Å². The summed E-state index contributed by atoms with van der Waals surface area (Å²) in [6.07, 6.45) is 10.8. The standard InChI is InChI=1S/C14H25NO/c1-12(16)14-7-9-15(10-8-14)11-13-5-3-2-4-6-13/h2-3,12-14,16H,4-11H2,1H3. The van der Waals surface area contributed by atoms with Crippen molar-refractivity contribution in [3.05, 3.63) is 12.2 Å². The maximum absolute atomic E-state index is 9.56. The van der Waals surface area contributed by atoms with E-state index >= 15 is 0 Å². The summed E-state index contributed by atoms with van der Waals surface area (Å²) in [5.74, 6) is 1.43. The molecule has 1 N–H and O–H groups in total. The fourth-order valence-corrected chi connectivity index (χ4v) is 3.01. The zero-order chi connectivity index (χ0) is 11.4. The molecule has 0 radical (unpaired) electrons. The molecule has 2 nitrogen and oxygen atoms in total. The van der Waals surface area contributed by atoms with Crippen LogP contribution in [0.4, 0.5) is 0 Å². The van der Waals surface area contributed by atoms with Gasteiger partial charge < -0.3 is 10.0 Å². The van der Waals surface area contributed by atoms with Crippen LogP contribution in [-0.4, -0.2) is 35.7 Å². The number of rotatable bonds is 3. The van der Waals surface area contributed by atoms with Crippen molar-refractivity contribution in [1.82, 2.24) is 4.90 Å². The van der Waals surface area contributed by atoms with E-state index in [2.05, 4.69) is 17.1 Å². The normalized spacial score (nSPS) is 30.5. The molecule has 16 heavy (non-hydrogen) atoms. The minimum atomic E-state index is -0.111. The summed E-state index contributed by atoms with van der Waals surface area (Å²) in [7, 11) is 0. The smallest absolute Gasteiger partial charge is 0.0541 e. The Hall–Kier alpha value is -0.340. The van der Waals surface area contributed by atoms with E-state index in [0.717, 1.165) is 5.92 Å². The van der Waals surface area contributed by atoms with Gasteiger partial charge in [-0.3, -0.25) is 0 Å². The fraction of sp³-hybridized carbons (Fsp3) is 0.857. The molecule has 0 bridgehead atoms. The SMILES string of the molecule is CC(O)C1CCN(CC2CC=CCC2)CC1. The number of hydrogen-bond donors (Lipinski definition) is 1. The first-order chi connectivity index (χ1) is 7.75. The summed E-state index contributed by atoms with van der Waals surface area (Å²) in [6.45, 7) is 5.59. The number of allylic oxidation sites excluding steroid dienone is 2. The average molecular weight is 223 g/mol. The molecule has 2 atom stereocenters. The van der Waals surface area contributed by atoms with Crippen LogP contribution in [0.5, 0.6) is 0 Å². The third-order valence-corrected chi connectivity index (χ3v) is 4.21. The number of hydrogen-bond acceptors (Lipinski definition) is 2. The lowest BCUT2D eigenvalue weighted by Gasteiger charge is -2.35. The Morgan fingerprint density at radius 2 is 2.00 bits per heavy atom. The molecule has 1 fully saturated rings. The molecule has 92 valence electrons. The summed E-state index contributed by atoms with van der Waals surface area (Å²) in [4.78, 5) is 2.60. The van der Waals surface area contributed by atoms with E-state index in [9.17, 15) is 5.11 Å².